The number of hydrogen-bond donors (Lipinski definition) is 1. The molecule has 0 bridgehead atoms. The molecule has 2 rings (SSSR count). The third-order valence-corrected chi connectivity index (χ3v) is 3.24. The highest BCUT2D eigenvalue weighted by Crippen LogP contribution is 2.22. The smallest absolute Gasteiger partial charge is 0.331 e. The van der Waals surface area contributed by atoms with E-state index in [9.17, 15) is 9.59 Å². The molecule has 0 saturated heterocycles. The molecule has 0 atom stereocenters. The van der Waals surface area contributed by atoms with Gasteiger partial charge in [0.15, 0.2) is 0 Å². The Labute approximate surface area is 117 Å². The first-order chi connectivity index (χ1) is 9.63. The van der Waals surface area contributed by atoms with Crippen LogP contribution in [0, 0.1) is 0 Å². The highest BCUT2D eigenvalue weighted by atomic mass is 16.5. The summed E-state index contributed by atoms with van der Waals surface area (Å²) in [6.45, 7) is 2.92. The molecule has 1 amide bonds. The van der Waals surface area contributed by atoms with Crippen LogP contribution in [0.25, 0.3) is 0 Å². The molecule has 0 spiro atoms. The lowest BCUT2D eigenvalue weighted by Crippen LogP contribution is -2.32. The van der Waals surface area contributed by atoms with Crippen LogP contribution >= 0.6 is 0 Å². The lowest BCUT2D eigenvalue weighted by Gasteiger charge is -2.18. The Hall–Kier alpha value is -2.30. The van der Waals surface area contributed by atoms with Crippen molar-refractivity contribution in [2.24, 2.45) is 0 Å². The Morgan fingerprint density at radius 1 is 1.45 bits per heavy atom. The van der Waals surface area contributed by atoms with Crippen molar-refractivity contribution < 1.29 is 19.4 Å². The third kappa shape index (κ3) is 2.99. The van der Waals surface area contributed by atoms with Crippen LogP contribution in [0.1, 0.15) is 23.7 Å². The zero-order valence-electron chi connectivity index (χ0n) is 11.3. The molecule has 106 valence electrons. The number of fused-ring (bicyclic) bond motifs is 1. The minimum atomic E-state index is -0.938. The van der Waals surface area contributed by atoms with Crippen molar-refractivity contribution in [3.05, 3.63) is 41.5 Å². The monoisotopic (exact) mass is 275 g/mol. The van der Waals surface area contributed by atoms with Crippen LogP contribution in [-0.2, 0) is 4.79 Å². The molecule has 1 aromatic carbocycles. The number of carbonyl (C=O) groups excluding carboxylic acids is 1. The van der Waals surface area contributed by atoms with Crippen molar-refractivity contribution >= 4 is 11.9 Å². The van der Waals surface area contributed by atoms with Crippen LogP contribution in [0.4, 0.5) is 0 Å². The van der Waals surface area contributed by atoms with Gasteiger partial charge in [-0.25, -0.2) is 4.79 Å². The van der Waals surface area contributed by atoms with Crippen molar-refractivity contribution in [2.75, 3.05) is 19.7 Å². The third-order valence-electron chi connectivity index (χ3n) is 3.24. The first kappa shape index (κ1) is 14.1. The van der Waals surface area contributed by atoms with Gasteiger partial charge in [0.2, 0.25) is 0 Å². The fourth-order valence-electron chi connectivity index (χ4n) is 2.08. The van der Waals surface area contributed by atoms with E-state index in [1.54, 1.807) is 36.1 Å². The van der Waals surface area contributed by atoms with Gasteiger partial charge in [0.05, 0.1) is 12.1 Å². The number of carbonyl (C=O) groups is 2. The average Bonchev–Trinajstić information content (AvgIpc) is 2.60. The van der Waals surface area contributed by atoms with Crippen LogP contribution in [0.15, 0.2) is 35.9 Å². The number of nitrogens with zero attached hydrogens (tertiary/aromatic N) is 1. The number of carboxylic acids is 1. The van der Waals surface area contributed by atoms with E-state index in [0.717, 1.165) is 0 Å². The molecular weight excluding hydrogens is 258 g/mol. The maximum Gasteiger partial charge on any atom is 0.331 e. The van der Waals surface area contributed by atoms with Gasteiger partial charge in [0, 0.05) is 12.1 Å². The molecular formula is C15H17NO4. The summed E-state index contributed by atoms with van der Waals surface area (Å²) in [5.74, 6) is -0.487. The van der Waals surface area contributed by atoms with Crippen molar-refractivity contribution in [2.45, 2.75) is 13.3 Å². The number of hydrogen-bond acceptors (Lipinski definition) is 3. The second-order valence-electron chi connectivity index (χ2n) is 4.48. The second kappa shape index (κ2) is 6.23. The van der Waals surface area contributed by atoms with E-state index >= 15 is 0 Å². The van der Waals surface area contributed by atoms with Crippen LogP contribution in [0.5, 0.6) is 5.75 Å². The number of ether oxygens (including phenoxy) is 1. The van der Waals surface area contributed by atoms with E-state index < -0.39 is 5.97 Å². The Bertz CT molecular complexity index is 551. The number of aliphatic carboxylic acids is 1. The summed E-state index contributed by atoms with van der Waals surface area (Å²) in [6.07, 6.45) is 2.03. The van der Waals surface area contributed by atoms with Crippen LogP contribution in [-0.4, -0.2) is 41.6 Å². The first-order valence-corrected chi connectivity index (χ1v) is 6.57. The summed E-state index contributed by atoms with van der Waals surface area (Å²) in [6, 6.07) is 7.09. The Kier molecular flexibility index (Phi) is 4.40. The van der Waals surface area contributed by atoms with E-state index in [2.05, 4.69) is 0 Å². The van der Waals surface area contributed by atoms with E-state index in [-0.39, 0.29) is 12.5 Å². The van der Waals surface area contributed by atoms with Crippen LogP contribution in [0.3, 0.4) is 0 Å². The topological polar surface area (TPSA) is 66.8 Å². The largest absolute Gasteiger partial charge is 0.491 e. The van der Waals surface area contributed by atoms with Crippen LogP contribution < -0.4 is 4.74 Å². The SMILES string of the molecule is CC/C(=C/CN1CCOc2ccccc2C1=O)C(=O)O. The van der Waals surface area contributed by atoms with Crippen molar-refractivity contribution in [3.8, 4) is 5.75 Å². The predicted molar refractivity (Wildman–Crippen MR) is 73.9 cm³/mol. The number of benzene rings is 1. The fourth-order valence-corrected chi connectivity index (χ4v) is 2.08. The molecule has 0 saturated carbocycles. The van der Waals surface area contributed by atoms with Gasteiger partial charge in [0.1, 0.15) is 12.4 Å². The average molecular weight is 275 g/mol. The molecule has 5 nitrogen and oxygen atoms in total. The van der Waals surface area contributed by atoms with Crippen molar-refractivity contribution in [1.82, 2.24) is 4.90 Å². The maximum atomic E-state index is 12.4. The molecule has 0 aliphatic carbocycles. The van der Waals surface area contributed by atoms with Crippen molar-refractivity contribution in [1.29, 1.82) is 0 Å². The van der Waals surface area contributed by atoms with Gasteiger partial charge < -0.3 is 14.7 Å². The Balaban J connectivity index is 2.18. The standard InChI is InChI=1S/C15H17NO4/c1-2-11(15(18)19)7-8-16-9-10-20-13-6-4-3-5-12(13)14(16)17/h3-7H,2,8-10H2,1H3,(H,18,19)/b11-7-. The van der Waals surface area contributed by atoms with Gasteiger partial charge in [-0.05, 0) is 18.6 Å². The zero-order chi connectivity index (χ0) is 14.5. The predicted octanol–water partition coefficient (Wildman–Crippen LogP) is 1.94. The summed E-state index contributed by atoms with van der Waals surface area (Å²) in [4.78, 5) is 24.9. The zero-order valence-corrected chi connectivity index (χ0v) is 11.3. The van der Waals surface area contributed by atoms with E-state index in [1.807, 2.05) is 6.07 Å². The normalized spacial score (nSPS) is 15.3. The minimum absolute atomic E-state index is 0.129. The van der Waals surface area contributed by atoms with Gasteiger partial charge >= 0.3 is 5.97 Å². The molecule has 1 aromatic rings. The molecule has 1 N–H and O–H groups in total. The summed E-state index contributed by atoms with van der Waals surface area (Å²) < 4.78 is 5.53. The highest BCUT2D eigenvalue weighted by Gasteiger charge is 2.22. The molecule has 5 heteroatoms. The number of rotatable bonds is 4. The molecule has 0 radical (unpaired) electrons. The number of para-hydroxylation sites is 1. The van der Waals surface area contributed by atoms with Gasteiger partial charge in [0.25, 0.3) is 5.91 Å². The molecule has 1 heterocycles. The van der Waals surface area contributed by atoms with E-state index in [1.165, 1.54) is 0 Å². The summed E-state index contributed by atoms with van der Waals surface area (Å²) in [5, 5.41) is 8.99. The summed E-state index contributed by atoms with van der Waals surface area (Å²) in [7, 11) is 0. The second-order valence-corrected chi connectivity index (χ2v) is 4.48. The molecule has 20 heavy (non-hydrogen) atoms. The van der Waals surface area contributed by atoms with Gasteiger partial charge in [-0.1, -0.05) is 25.1 Å². The summed E-state index contributed by atoms with van der Waals surface area (Å²) in [5.41, 5.74) is 0.836. The lowest BCUT2D eigenvalue weighted by molar-refractivity contribution is -0.132. The molecule has 1 aliphatic heterocycles. The molecule has 1 aliphatic rings. The fraction of sp³-hybridized carbons (Fsp3) is 0.333. The quantitative estimate of drug-likeness (QED) is 0.853. The Morgan fingerprint density at radius 3 is 2.90 bits per heavy atom. The van der Waals surface area contributed by atoms with Gasteiger partial charge in [-0.15, -0.1) is 0 Å². The summed E-state index contributed by atoms with van der Waals surface area (Å²) >= 11 is 0. The van der Waals surface area contributed by atoms with Gasteiger partial charge in [-0.3, -0.25) is 4.79 Å². The minimum Gasteiger partial charge on any atom is -0.491 e. The number of carboxylic acid groups (broad SMARTS) is 1. The van der Waals surface area contributed by atoms with Crippen molar-refractivity contribution in [3.63, 3.8) is 0 Å². The van der Waals surface area contributed by atoms with E-state index in [4.69, 9.17) is 9.84 Å². The van der Waals surface area contributed by atoms with Gasteiger partial charge in [-0.2, -0.15) is 0 Å². The lowest BCUT2D eigenvalue weighted by atomic mass is 10.1. The highest BCUT2D eigenvalue weighted by molar-refractivity contribution is 5.97. The Morgan fingerprint density at radius 2 is 2.20 bits per heavy atom. The van der Waals surface area contributed by atoms with E-state index in [0.29, 0.717) is 36.5 Å². The molecule has 0 unspecified atom stereocenters. The molecule has 0 aromatic heterocycles. The number of amides is 1. The van der Waals surface area contributed by atoms with Crippen LogP contribution in [0.2, 0.25) is 0 Å². The first-order valence-electron chi connectivity index (χ1n) is 6.57. The maximum absolute atomic E-state index is 12.4. The molecule has 0 fully saturated rings.